The van der Waals surface area contributed by atoms with Gasteiger partial charge < -0.3 is 15.2 Å². The van der Waals surface area contributed by atoms with Gasteiger partial charge in [-0.05, 0) is 25.0 Å². The van der Waals surface area contributed by atoms with Crippen molar-refractivity contribution in [3.8, 4) is 5.75 Å². The molecule has 0 spiro atoms. The molecule has 3 rings (SSSR count). The molecule has 2 aliphatic rings. The molecule has 0 saturated carbocycles. The molecule has 4 heteroatoms. The number of carbonyl (C=O) groups is 1. The van der Waals surface area contributed by atoms with E-state index in [9.17, 15) is 9.90 Å². The molecular weight excluding hydrogens is 242 g/mol. The third-order valence-corrected chi connectivity index (χ3v) is 3.92. The fraction of sp³-hybridized carbons (Fsp3) is 0.400. The highest BCUT2D eigenvalue weighted by atomic mass is 16.5. The van der Waals surface area contributed by atoms with Gasteiger partial charge >= 0.3 is 5.97 Å². The van der Waals surface area contributed by atoms with Crippen LogP contribution in [0.3, 0.4) is 0 Å². The van der Waals surface area contributed by atoms with E-state index >= 15 is 0 Å². The van der Waals surface area contributed by atoms with E-state index in [2.05, 4.69) is 17.5 Å². The summed E-state index contributed by atoms with van der Waals surface area (Å²) in [5.41, 5.74) is 1.72. The van der Waals surface area contributed by atoms with E-state index in [-0.39, 0.29) is 29.6 Å². The fourth-order valence-electron chi connectivity index (χ4n) is 3.07. The minimum Gasteiger partial charge on any atom is -0.506 e. The Labute approximate surface area is 112 Å². The van der Waals surface area contributed by atoms with Gasteiger partial charge in [0.15, 0.2) is 0 Å². The average molecular weight is 259 g/mol. The normalized spacial score (nSPS) is 27.3. The molecule has 4 nitrogen and oxygen atoms in total. The third-order valence-electron chi connectivity index (χ3n) is 3.92. The van der Waals surface area contributed by atoms with Crippen molar-refractivity contribution >= 4 is 11.7 Å². The monoisotopic (exact) mass is 259 g/mol. The van der Waals surface area contributed by atoms with Crippen molar-refractivity contribution in [1.29, 1.82) is 0 Å². The maximum absolute atomic E-state index is 12.1. The summed E-state index contributed by atoms with van der Waals surface area (Å²) in [6, 6.07) is 5.08. The third kappa shape index (κ3) is 1.87. The Morgan fingerprint density at radius 1 is 1.53 bits per heavy atom. The zero-order valence-electron chi connectivity index (χ0n) is 10.8. The quantitative estimate of drug-likeness (QED) is 0.486. The van der Waals surface area contributed by atoms with E-state index in [4.69, 9.17) is 4.74 Å². The number of fused-ring (bicyclic) bond motifs is 3. The lowest BCUT2D eigenvalue weighted by molar-refractivity contribution is -0.145. The summed E-state index contributed by atoms with van der Waals surface area (Å²) in [5, 5.41) is 13.1. The number of rotatable bonds is 2. The first-order valence-corrected chi connectivity index (χ1v) is 6.64. The van der Waals surface area contributed by atoms with Gasteiger partial charge in [0.05, 0.1) is 12.3 Å². The van der Waals surface area contributed by atoms with Crippen LogP contribution in [0.4, 0.5) is 5.69 Å². The molecule has 1 heterocycles. The molecule has 19 heavy (non-hydrogen) atoms. The lowest BCUT2D eigenvalue weighted by Crippen LogP contribution is -2.42. The van der Waals surface area contributed by atoms with Gasteiger partial charge in [0.2, 0.25) is 0 Å². The van der Waals surface area contributed by atoms with Crippen LogP contribution in [-0.2, 0) is 9.53 Å². The molecule has 1 aromatic rings. The number of phenolic OH excluding ortho intramolecular Hbond substituents is 1. The number of phenols is 1. The molecule has 3 atom stereocenters. The van der Waals surface area contributed by atoms with Gasteiger partial charge in [-0.2, -0.15) is 0 Å². The molecule has 100 valence electrons. The van der Waals surface area contributed by atoms with Gasteiger partial charge in [-0.25, -0.2) is 4.79 Å². The largest absolute Gasteiger partial charge is 0.506 e. The number of hydrogen-bond donors (Lipinski definition) is 2. The molecule has 1 aromatic carbocycles. The lowest BCUT2D eigenvalue weighted by Gasteiger charge is -2.35. The number of para-hydroxylation sites is 1. The lowest BCUT2D eigenvalue weighted by atomic mass is 9.79. The molecule has 0 fully saturated rings. The van der Waals surface area contributed by atoms with E-state index < -0.39 is 0 Å². The molecule has 0 saturated heterocycles. The Balaban J connectivity index is 2.00. The minimum absolute atomic E-state index is 0.174. The van der Waals surface area contributed by atoms with Crippen molar-refractivity contribution in [2.45, 2.75) is 25.3 Å². The number of anilines is 1. The van der Waals surface area contributed by atoms with Gasteiger partial charge in [0, 0.05) is 11.8 Å². The Bertz CT molecular complexity index is 538. The summed E-state index contributed by atoms with van der Waals surface area (Å²) < 4.78 is 5.13. The summed E-state index contributed by atoms with van der Waals surface area (Å²) in [4.78, 5) is 12.1. The van der Waals surface area contributed by atoms with Gasteiger partial charge in [-0.1, -0.05) is 24.3 Å². The zero-order chi connectivity index (χ0) is 13.4. The second-order valence-corrected chi connectivity index (χ2v) is 4.97. The molecule has 0 amide bonds. The number of esters is 1. The minimum atomic E-state index is -0.388. The molecule has 0 radical (unpaired) electrons. The van der Waals surface area contributed by atoms with Crippen LogP contribution in [0.2, 0.25) is 0 Å². The second kappa shape index (κ2) is 4.61. The zero-order valence-corrected chi connectivity index (χ0v) is 10.8. The first kappa shape index (κ1) is 12.1. The van der Waals surface area contributed by atoms with Crippen LogP contribution in [0.1, 0.15) is 24.8 Å². The number of benzene rings is 1. The number of aromatic hydroxyl groups is 1. The number of nitrogens with one attached hydrogen (secondary N) is 1. The Kier molecular flexibility index (Phi) is 2.93. The van der Waals surface area contributed by atoms with Crippen molar-refractivity contribution < 1.29 is 14.6 Å². The standard InChI is InChI=1S/C15H17NO3/c1-2-19-15(18)14-11-6-3-5-9(11)10-7-4-8-12(17)13(10)16-14/h3-5,7-9,11,14,16-17H,2,6H2,1H3/t9-,11+,14+/m1/s1. The number of hydrogen-bond acceptors (Lipinski definition) is 4. The van der Waals surface area contributed by atoms with Crippen LogP contribution < -0.4 is 5.32 Å². The summed E-state index contributed by atoms with van der Waals surface area (Å²) in [7, 11) is 0. The number of ether oxygens (including phenoxy) is 1. The second-order valence-electron chi connectivity index (χ2n) is 4.97. The first-order valence-electron chi connectivity index (χ1n) is 6.64. The SMILES string of the molecule is CCOC(=O)[C@H]1Nc2c(O)cccc2[C@H]2C=CC[C@H]12. The average Bonchev–Trinajstić information content (AvgIpc) is 2.88. The Hall–Kier alpha value is -1.97. The van der Waals surface area contributed by atoms with Crippen LogP contribution in [-0.4, -0.2) is 23.7 Å². The molecule has 0 unspecified atom stereocenters. The van der Waals surface area contributed by atoms with Crippen LogP contribution in [0.15, 0.2) is 30.4 Å². The smallest absolute Gasteiger partial charge is 0.328 e. The van der Waals surface area contributed by atoms with E-state index in [0.29, 0.717) is 12.3 Å². The highest BCUT2D eigenvalue weighted by Gasteiger charge is 2.42. The van der Waals surface area contributed by atoms with Crippen molar-refractivity contribution in [2.75, 3.05) is 11.9 Å². The molecule has 0 aromatic heterocycles. The highest BCUT2D eigenvalue weighted by Crippen LogP contribution is 2.47. The predicted molar refractivity (Wildman–Crippen MR) is 72.1 cm³/mol. The Morgan fingerprint density at radius 3 is 3.16 bits per heavy atom. The molecule has 2 N–H and O–H groups in total. The fourth-order valence-corrected chi connectivity index (χ4v) is 3.07. The van der Waals surface area contributed by atoms with Crippen LogP contribution in [0, 0.1) is 5.92 Å². The van der Waals surface area contributed by atoms with Crippen LogP contribution >= 0.6 is 0 Å². The summed E-state index contributed by atoms with van der Waals surface area (Å²) in [6.07, 6.45) is 5.08. The molecule has 1 aliphatic heterocycles. The van der Waals surface area contributed by atoms with Crippen LogP contribution in [0.5, 0.6) is 5.75 Å². The number of carbonyl (C=O) groups excluding carboxylic acids is 1. The Morgan fingerprint density at radius 2 is 2.37 bits per heavy atom. The molecular formula is C15H17NO3. The maximum Gasteiger partial charge on any atom is 0.328 e. The predicted octanol–water partition coefficient (Wildman–Crippen LogP) is 2.41. The van der Waals surface area contributed by atoms with Gasteiger partial charge in [-0.15, -0.1) is 0 Å². The van der Waals surface area contributed by atoms with Crippen molar-refractivity contribution in [2.24, 2.45) is 5.92 Å². The summed E-state index contributed by atoms with van der Waals surface area (Å²) in [6.45, 7) is 2.17. The van der Waals surface area contributed by atoms with Crippen LogP contribution in [0.25, 0.3) is 0 Å². The maximum atomic E-state index is 12.1. The highest BCUT2D eigenvalue weighted by molar-refractivity contribution is 5.83. The first-order chi connectivity index (χ1) is 9.22. The van der Waals surface area contributed by atoms with Gasteiger partial charge in [0.25, 0.3) is 0 Å². The summed E-state index contributed by atoms with van der Waals surface area (Å²) in [5.74, 6) is 0.298. The van der Waals surface area contributed by atoms with E-state index in [1.807, 2.05) is 12.1 Å². The van der Waals surface area contributed by atoms with Crippen molar-refractivity contribution in [3.05, 3.63) is 35.9 Å². The van der Waals surface area contributed by atoms with E-state index in [0.717, 1.165) is 12.0 Å². The van der Waals surface area contributed by atoms with Gasteiger partial charge in [-0.3, -0.25) is 0 Å². The van der Waals surface area contributed by atoms with Crippen molar-refractivity contribution in [1.82, 2.24) is 0 Å². The van der Waals surface area contributed by atoms with E-state index in [1.54, 1.807) is 13.0 Å². The summed E-state index contributed by atoms with van der Waals surface area (Å²) >= 11 is 0. The van der Waals surface area contributed by atoms with E-state index in [1.165, 1.54) is 0 Å². The molecule has 1 aliphatic carbocycles. The number of allylic oxidation sites excluding steroid dienone is 2. The molecule has 0 bridgehead atoms. The van der Waals surface area contributed by atoms with Gasteiger partial charge in [0.1, 0.15) is 11.8 Å². The van der Waals surface area contributed by atoms with Crippen molar-refractivity contribution in [3.63, 3.8) is 0 Å². The topological polar surface area (TPSA) is 58.6 Å².